The fraction of sp³-hybridized carbons (Fsp3) is 0.0909. The van der Waals surface area contributed by atoms with Crippen LogP contribution in [0.3, 0.4) is 0 Å². The Hall–Kier alpha value is -4.84. The van der Waals surface area contributed by atoms with Crippen molar-refractivity contribution in [2.24, 2.45) is 0 Å². The van der Waals surface area contributed by atoms with E-state index in [4.69, 9.17) is 23.9 Å². The maximum Gasteiger partial charge on any atom is 0.298 e. The molecular weight excluding hydrogens is 617 g/mol. The van der Waals surface area contributed by atoms with Gasteiger partial charge in [0.15, 0.2) is 11.5 Å². The smallest absolute Gasteiger partial charge is 0.298 e. The molecule has 1 aliphatic rings. The molecule has 0 spiro atoms. The highest BCUT2D eigenvalue weighted by Gasteiger charge is 2.28. The number of hydrogen-bond acceptors (Lipinski definition) is 11. The lowest BCUT2D eigenvalue weighted by atomic mass is 10.1. The van der Waals surface area contributed by atoms with Crippen molar-refractivity contribution in [2.45, 2.75) is 6.92 Å². The highest BCUT2D eigenvalue weighted by molar-refractivity contribution is 7.26. The molecule has 1 aromatic carbocycles. The lowest BCUT2D eigenvalue weighted by molar-refractivity contribution is -0.121. The van der Waals surface area contributed by atoms with Crippen molar-refractivity contribution in [3.63, 3.8) is 0 Å². The standard InChI is InChI=1S/C33H22N2O6S3/c1-19-24(8-12-42-19)32-30-31(39-11-10-38-30)33(44-32)29-6-5-28(43-29)21-7-9-34-26(14-21)27-16-23(41-18-37)15-25(35-27)20-3-2-4-22(13-20)40-17-36/h2-9,12-18H,10-11H2,1H3. The van der Waals surface area contributed by atoms with Gasteiger partial charge in [-0.3, -0.25) is 14.6 Å². The minimum atomic E-state index is 0.314. The lowest BCUT2D eigenvalue weighted by Crippen LogP contribution is -2.14. The Kier molecular flexibility index (Phi) is 7.65. The van der Waals surface area contributed by atoms with Crippen LogP contribution >= 0.6 is 34.0 Å². The van der Waals surface area contributed by atoms with E-state index in [0.29, 0.717) is 60.3 Å². The number of aromatic nitrogens is 2. The molecule has 6 aromatic rings. The van der Waals surface area contributed by atoms with Gasteiger partial charge >= 0.3 is 0 Å². The van der Waals surface area contributed by atoms with E-state index in [1.807, 2.05) is 18.2 Å². The Labute approximate surface area is 264 Å². The molecule has 44 heavy (non-hydrogen) atoms. The molecule has 0 atom stereocenters. The molecule has 0 aliphatic carbocycles. The molecule has 0 unspecified atom stereocenters. The van der Waals surface area contributed by atoms with Crippen LogP contribution in [0.25, 0.3) is 53.3 Å². The molecule has 0 radical (unpaired) electrons. The predicted molar refractivity (Wildman–Crippen MR) is 172 cm³/mol. The molecule has 0 fully saturated rings. The Morgan fingerprint density at radius 1 is 0.750 bits per heavy atom. The number of carbonyl (C=O) groups is 2. The van der Waals surface area contributed by atoms with Crippen LogP contribution in [0.5, 0.6) is 23.0 Å². The van der Waals surface area contributed by atoms with Crippen LogP contribution in [-0.4, -0.2) is 36.1 Å². The molecule has 1 aliphatic heterocycles. The first kappa shape index (κ1) is 28.0. The summed E-state index contributed by atoms with van der Waals surface area (Å²) in [5.74, 6) is 2.31. The summed E-state index contributed by atoms with van der Waals surface area (Å²) in [6.45, 7) is 3.90. The van der Waals surface area contributed by atoms with Crippen LogP contribution in [0.2, 0.25) is 0 Å². The van der Waals surface area contributed by atoms with E-state index < -0.39 is 0 Å². The summed E-state index contributed by atoms with van der Waals surface area (Å²) in [7, 11) is 0. The summed E-state index contributed by atoms with van der Waals surface area (Å²) in [6.07, 6.45) is 1.73. The quantitative estimate of drug-likeness (QED) is 0.146. The lowest BCUT2D eigenvalue weighted by Gasteiger charge is -2.17. The maximum absolute atomic E-state index is 11.2. The number of thiophene rings is 3. The Bertz CT molecular complexity index is 2010. The largest absolute Gasteiger partial charge is 0.485 e. The van der Waals surface area contributed by atoms with Crippen molar-refractivity contribution in [1.82, 2.24) is 9.97 Å². The van der Waals surface area contributed by atoms with Crippen molar-refractivity contribution < 1.29 is 28.5 Å². The van der Waals surface area contributed by atoms with Gasteiger partial charge in [-0.05, 0) is 60.3 Å². The van der Waals surface area contributed by atoms with Gasteiger partial charge in [0.25, 0.3) is 12.9 Å². The summed E-state index contributed by atoms with van der Waals surface area (Å²) in [4.78, 5) is 37.0. The van der Waals surface area contributed by atoms with E-state index in [2.05, 4.69) is 35.5 Å². The minimum Gasteiger partial charge on any atom is -0.485 e. The molecule has 11 heteroatoms. The highest BCUT2D eigenvalue weighted by atomic mass is 32.1. The number of aryl methyl sites for hydroxylation is 1. The zero-order valence-electron chi connectivity index (χ0n) is 23.1. The fourth-order valence-electron chi connectivity index (χ4n) is 4.94. The van der Waals surface area contributed by atoms with Crippen molar-refractivity contribution >= 4 is 47.0 Å². The number of hydrogen-bond donors (Lipinski definition) is 0. The number of carbonyl (C=O) groups excluding carboxylic acids is 2. The number of fused-ring (bicyclic) bond motifs is 1. The highest BCUT2D eigenvalue weighted by Crippen LogP contribution is 2.56. The van der Waals surface area contributed by atoms with E-state index in [1.165, 1.54) is 10.4 Å². The zero-order chi connectivity index (χ0) is 30.0. The number of pyridine rings is 2. The van der Waals surface area contributed by atoms with Crippen LogP contribution < -0.4 is 18.9 Å². The third kappa shape index (κ3) is 5.37. The normalized spacial score (nSPS) is 12.1. The fourth-order valence-corrected chi connectivity index (χ4v) is 8.09. The van der Waals surface area contributed by atoms with Gasteiger partial charge in [-0.25, -0.2) is 4.98 Å². The molecule has 0 saturated carbocycles. The van der Waals surface area contributed by atoms with Crippen molar-refractivity contribution in [3.05, 3.63) is 83.2 Å². The second-order valence-corrected chi connectivity index (χ2v) is 12.9. The van der Waals surface area contributed by atoms with E-state index in [9.17, 15) is 9.59 Å². The van der Waals surface area contributed by atoms with E-state index in [0.717, 1.165) is 36.6 Å². The number of benzene rings is 1. The molecule has 0 amide bonds. The third-order valence-corrected chi connectivity index (χ3v) is 10.3. The molecule has 8 nitrogen and oxygen atoms in total. The summed E-state index contributed by atoms with van der Waals surface area (Å²) in [5, 5.41) is 2.10. The van der Waals surface area contributed by atoms with Crippen LogP contribution in [0.15, 0.2) is 78.3 Å². The molecule has 5 aromatic heterocycles. The first-order chi connectivity index (χ1) is 21.6. The number of nitrogens with zero attached hydrogens (tertiary/aromatic N) is 2. The van der Waals surface area contributed by atoms with Crippen molar-refractivity contribution in [2.75, 3.05) is 13.2 Å². The molecule has 6 heterocycles. The average molecular weight is 639 g/mol. The first-order valence-corrected chi connectivity index (χ1v) is 16.0. The SMILES string of the molecule is Cc1sccc1-c1sc(-c2ccc(-c3ccnc(-c4cc(OC=O)cc(-c5cccc(OC=O)c5)n4)c3)s2)c2c1OCCO2. The molecule has 0 N–H and O–H groups in total. The Morgan fingerprint density at radius 3 is 2.32 bits per heavy atom. The first-order valence-electron chi connectivity index (χ1n) is 13.5. The number of ether oxygens (including phenoxy) is 4. The van der Waals surface area contributed by atoms with Gasteiger partial charge < -0.3 is 18.9 Å². The molecule has 218 valence electrons. The van der Waals surface area contributed by atoms with Gasteiger partial charge in [0.1, 0.15) is 24.7 Å². The topological polar surface area (TPSA) is 96.8 Å². The Balaban J connectivity index is 1.25. The van der Waals surface area contributed by atoms with Crippen molar-refractivity contribution in [3.8, 4) is 76.3 Å². The van der Waals surface area contributed by atoms with Gasteiger partial charge in [-0.2, -0.15) is 0 Å². The van der Waals surface area contributed by atoms with Gasteiger partial charge in [0.2, 0.25) is 0 Å². The van der Waals surface area contributed by atoms with Gasteiger partial charge in [-0.1, -0.05) is 12.1 Å². The zero-order valence-corrected chi connectivity index (χ0v) is 25.6. The minimum absolute atomic E-state index is 0.314. The molecule has 0 saturated heterocycles. The second kappa shape index (κ2) is 12.0. The third-order valence-electron chi connectivity index (χ3n) is 6.94. The average Bonchev–Trinajstić information content (AvgIpc) is 3.80. The van der Waals surface area contributed by atoms with Gasteiger partial charge in [0, 0.05) is 44.1 Å². The van der Waals surface area contributed by atoms with Crippen LogP contribution in [0.4, 0.5) is 0 Å². The molecular formula is C33H22N2O6S3. The van der Waals surface area contributed by atoms with Gasteiger partial charge in [-0.15, -0.1) is 34.0 Å². The molecule has 7 rings (SSSR count). The summed E-state index contributed by atoms with van der Waals surface area (Å²) >= 11 is 5.08. The second-order valence-electron chi connectivity index (χ2n) is 9.63. The van der Waals surface area contributed by atoms with Crippen LogP contribution in [0, 0.1) is 6.92 Å². The Morgan fingerprint density at radius 2 is 1.52 bits per heavy atom. The molecule has 0 bridgehead atoms. The van der Waals surface area contributed by atoms with E-state index >= 15 is 0 Å². The maximum atomic E-state index is 11.2. The van der Waals surface area contributed by atoms with Crippen molar-refractivity contribution in [1.29, 1.82) is 0 Å². The summed E-state index contributed by atoms with van der Waals surface area (Å²) in [5.41, 5.74) is 4.49. The predicted octanol–water partition coefficient (Wildman–Crippen LogP) is 8.15. The van der Waals surface area contributed by atoms with Gasteiger partial charge in [0.05, 0.1) is 26.8 Å². The number of rotatable bonds is 9. The van der Waals surface area contributed by atoms with Crippen LogP contribution in [-0.2, 0) is 9.59 Å². The monoisotopic (exact) mass is 638 g/mol. The van der Waals surface area contributed by atoms with Crippen LogP contribution in [0.1, 0.15) is 4.88 Å². The van der Waals surface area contributed by atoms with E-state index in [1.54, 1.807) is 70.5 Å². The summed E-state index contributed by atoms with van der Waals surface area (Å²) in [6, 6.07) is 20.5. The summed E-state index contributed by atoms with van der Waals surface area (Å²) < 4.78 is 22.4. The van der Waals surface area contributed by atoms with E-state index in [-0.39, 0.29) is 0 Å².